The number of hydrogen-bond acceptors (Lipinski definition) is 4. The summed E-state index contributed by atoms with van der Waals surface area (Å²) in [6.45, 7) is 0.387. The van der Waals surface area contributed by atoms with Gasteiger partial charge in [0.1, 0.15) is 18.3 Å². The first kappa shape index (κ1) is 18.9. The zero-order valence-corrected chi connectivity index (χ0v) is 15.0. The fourth-order valence-electron chi connectivity index (χ4n) is 2.64. The van der Waals surface area contributed by atoms with Crippen molar-refractivity contribution in [3.05, 3.63) is 107 Å². The van der Waals surface area contributed by atoms with E-state index in [2.05, 4.69) is 0 Å². The second kappa shape index (κ2) is 9.17. The molecule has 0 N–H and O–H groups in total. The average Bonchev–Trinajstić information content (AvgIpc) is 2.74. The van der Waals surface area contributed by atoms with E-state index in [-0.39, 0.29) is 5.56 Å². The lowest BCUT2D eigenvalue weighted by Crippen LogP contribution is -2.21. The predicted octanol–water partition coefficient (Wildman–Crippen LogP) is 3.56. The van der Waals surface area contributed by atoms with E-state index < -0.39 is 5.97 Å². The number of carboxylic acid groups (broad SMARTS) is 1. The summed E-state index contributed by atoms with van der Waals surface area (Å²) in [7, 11) is 0. The van der Waals surface area contributed by atoms with Crippen LogP contribution in [0, 0.1) is 0 Å². The van der Waals surface area contributed by atoms with Crippen molar-refractivity contribution in [1.82, 2.24) is 0 Å². The highest BCUT2D eigenvalue weighted by atomic mass is 16.5. The highest BCUT2D eigenvalue weighted by Gasteiger charge is 2.08. The molecule has 0 aliphatic rings. The number of carbonyl (C=O) groups excluding carboxylic acids is 2. The Morgan fingerprint density at radius 2 is 1.61 bits per heavy atom. The van der Waals surface area contributed by atoms with Crippen LogP contribution in [-0.2, 0) is 11.4 Å². The van der Waals surface area contributed by atoms with Gasteiger partial charge in [0.2, 0.25) is 0 Å². The third-order valence-corrected chi connectivity index (χ3v) is 4.11. The maximum absolute atomic E-state index is 11.5. The molecule has 0 unspecified atom stereocenters. The summed E-state index contributed by atoms with van der Waals surface area (Å²) < 4.78 is 5.89. The number of allylic oxidation sites excluding steroid dienone is 2. The summed E-state index contributed by atoms with van der Waals surface area (Å²) >= 11 is 0. The Kier molecular flexibility index (Phi) is 6.19. The standard InChI is InChI=1S/C24H18O4/c25-16-21(15-12-18-10-13-20(14-11-18)24(26)27)22-8-4-5-9-23(22)28-17-19-6-2-1-3-7-19/h1-15H,17H2,(H,26,27)/p-1/b15-12+. The van der Waals surface area contributed by atoms with E-state index in [9.17, 15) is 14.7 Å². The second-order valence-corrected chi connectivity index (χ2v) is 6.03. The molecule has 0 saturated heterocycles. The highest BCUT2D eigenvalue weighted by molar-refractivity contribution is 5.97. The lowest BCUT2D eigenvalue weighted by molar-refractivity contribution is -0.255. The molecule has 3 aromatic carbocycles. The maximum Gasteiger partial charge on any atom is 0.133 e. The molecular formula is C24H17O4-. The van der Waals surface area contributed by atoms with E-state index in [4.69, 9.17) is 4.74 Å². The molecule has 0 spiro atoms. The number of aromatic carboxylic acids is 1. The van der Waals surface area contributed by atoms with Gasteiger partial charge in [0.15, 0.2) is 0 Å². The summed E-state index contributed by atoms with van der Waals surface area (Å²) in [5, 5.41) is 10.8. The third-order valence-electron chi connectivity index (χ3n) is 4.11. The lowest BCUT2D eigenvalue weighted by Gasteiger charge is -2.11. The number of rotatable bonds is 7. The Hall–Kier alpha value is -3.88. The topological polar surface area (TPSA) is 66.4 Å². The zero-order valence-electron chi connectivity index (χ0n) is 15.0. The van der Waals surface area contributed by atoms with Crippen LogP contribution in [0.25, 0.3) is 11.6 Å². The molecule has 0 bridgehead atoms. The molecule has 0 radical (unpaired) electrons. The molecule has 0 aromatic heterocycles. The number of ether oxygens (including phenoxy) is 1. The van der Waals surface area contributed by atoms with E-state index in [1.807, 2.05) is 48.4 Å². The zero-order chi connectivity index (χ0) is 19.8. The van der Waals surface area contributed by atoms with E-state index in [1.165, 1.54) is 12.1 Å². The van der Waals surface area contributed by atoms with Gasteiger partial charge in [-0.25, -0.2) is 4.79 Å². The minimum Gasteiger partial charge on any atom is -0.545 e. The van der Waals surface area contributed by atoms with Crippen LogP contribution in [0.5, 0.6) is 5.75 Å². The average molecular weight is 369 g/mol. The number of hydrogen-bond donors (Lipinski definition) is 0. The van der Waals surface area contributed by atoms with Gasteiger partial charge in [0, 0.05) is 5.56 Å². The summed E-state index contributed by atoms with van der Waals surface area (Å²) in [5.41, 5.74) is 2.85. The summed E-state index contributed by atoms with van der Waals surface area (Å²) in [6, 6.07) is 23.2. The van der Waals surface area contributed by atoms with E-state index in [0.717, 1.165) is 11.1 Å². The summed E-state index contributed by atoms with van der Waals surface area (Å²) in [4.78, 5) is 22.4. The van der Waals surface area contributed by atoms with Gasteiger partial charge in [-0.2, -0.15) is 0 Å². The highest BCUT2D eigenvalue weighted by Crippen LogP contribution is 2.26. The Labute approximate surface area is 163 Å². The van der Waals surface area contributed by atoms with Gasteiger partial charge in [-0.3, -0.25) is 0 Å². The van der Waals surface area contributed by atoms with Crippen molar-refractivity contribution in [2.24, 2.45) is 0 Å². The molecule has 4 heteroatoms. The molecule has 0 aliphatic heterocycles. The van der Waals surface area contributed by atoms with Crippen LogP contribution in [0.15, 0.2) is 84.9 Å². The predicted molar refractivity (Wildman–Crippen MR) is 106 cm³/mol. The van der Waals surface area contributed by atoms with Crippen molar-refractivity contribution < 1.29 is 19.4 Å². The minimum absolute atomic E-state index is 0.1000. The van der Waals surface area contributed by atoms with Gasteiger partial charge >= 0.3 is 0 Å². The molecule has 0 fully saturated rings. The van der Waals surface area contributed by atoms with Gasteiger partial charge in [0.05, 0.1) is 11.5 Å². The Bertz CT molecular complexity index is 1030. The van der Waals surface area contributed by atoms with Crippen LogP contribution < -0.4 is 9.84 Å². The SMILES string of the molecule is O=C=C(/C=C/c1ccc(C(=O)[O-])cc1)c1ccccc1OCc1ccccc1. The van der Waals surface area contributed by atoms with Crippen LogP contribution in [0.3, 0.4) is 0 Å². The Morgan fingerprint density at radius 1 is 0.929 bits per heavy atom. The van der Waals surface area contributed by atoms with Crippen molar-refractivity contribution in [3.63, 3.8) is 0 Å². The van der Waals surface area contributed by atoms with Crippen molar-refractivity contribution in [2.45, 2.75) is 6.61 Å². The molecule has 0 heterocycles. The molecule has 0 saturated carbocycles. The first-order chi connectivity index (χ1) is 13.7. The van der Waals surface area contributed by atoms with Gasteiger partial charge in [-0.15, -0.1) is 0 Å². The second-order valence-electron chi connectivity index (χ2n) is 6.03. The van der Waals surface area contributed by atoms with Crippen molar-refractivity contribution >= 4 is 23.6 Å². The molecule has 4 nitrogen and oxygen atoms in total. The molecule has 138 valence electrons. The van der Waals surface area contributed by atoms with Crippen LogP contribution in [0.2, 0.25) is 0 Å². The van der Waals surface area contributed by atoms with Gasteiger partial charge < -0.3 is 14.6 Å². The van der Waals surface area contributed by atoms with Gasteiger partial charge in [-0.05, 0) is 34.9 Å². The molecule has 3 rings (SSSR count). The Morgan fingerprint density at radius 3 is 2.29 bits per heavy atom. The molecule has 0 aliphatic carbocycles. The molecule has 0 atom stereocenters. The molecule has 3 aromatic rings. The number of carbonyl (C=O) groups is 1. The fourth-order valence-corrected chi connectivity index (χ4v) is 2.64. The fraction of sp³-hybridized carbons (Fsp3) is 0.0417. The first-order valence-electron chi connectivity index (χ1n) is 8.68. The largest absolute Gasteiger partial charge is 0.545 e. The van der Waals surface area contributed by atoms with Crippen LogP contribution in [0.1, 0.15) is 27.0 Å². The van der Waals surface area contributed by atoms with Crippen molar-refractivity contribution in [1.29, 1.82) is 0 Å². The summed E-state index contributed by atoms with van der Waals surface area (Å²) in [5.74, 6) is 1.31. The molecule has 28 heavy (non-hydrogen) atoms. The van der Waals surface area contributed by atoms with Crippen molar-refractivity contribution in [2.75, 3.05) is 0 Å². The van der Waals surface area contributed by atoms with Gasteiger partial charge in [-0.1, -0.05) is 72.8 Å². The number of para-hydroxylation sites is 1. The monoisotopic (exact) mass is 369 g/mol. The lowest BCUT2D eigenvalue weighted by atomic mass is 10.0. The molecule has 0 amide bonds. The first-order valence-corrected chi connectivity index (χ1v) is 8.68. The van der Waals surface area contributed by atoms with Crippen LogP contribution >= 0.6 is 0 Å². The number of carboxylic acids is 1. The van der Waals surface area contributed by atoms with Crippen LogP contribution in [0.4, 0.5) is 0 Å². The van der Waals surface area contributed by atoms with E-state index >= 15 is 0 Å². The minimum atomic E-state index is -1.23. The quantitative estimate of drug-likeness (QED) is 0.472. The third kappa shape index (κ3) is 4.85. The van der Waals surface area contributed by atoms with E-state index in [0.29, 0.717) is 23.5 Å². The normalized spacial score (nSPS) is 10.4. The van der Waals surface area contributed by atoms with Crippen LogP contribution in [-0.4, -0.2) is 11.9 Å². The Balaban J connectivity index is 1.79. The van der Waals surface area contributed by atoms with E-state index in [1.54, 1.807) is 36.4 Å². The van der Waals surface area contributed by atoms with Crippen molar-refractivity contribution in [3.8, 4) is 5.75 Å². The number of benzene rings is 3. The van der Waals surface area contributed by atoms with Gasteiger partial charge in [0.25, 0.3) is 0 Å². The molecular weight excluding hydrogens is 352 g/mol. The smallest absolute Gasteiger partial charge is 0.133 e. The maximum atomic E-state index is 11.5. The summed E-state index contributed by atoms with van der Waals surface area (Å²) in [6.07, 6.45) is 3.35.